The summed E-state index contributed by atoms with van der Waals surface area (Å²) in [6.07, 6.45) is 0.110. The van der Waals surface area contributed by atoms with Crippen molar-refractivity contribution >= 4 is 43.5 Å². The monoisotopic (exact) mass is 385 g/mol. The first-order valence-corrected chi connectivity index (χ1v) is 8.16. The molecule has 0 radical (unpaired) electrons. The second-order valence-corrected chi connectivity index (χ2v) is 6.81. The summed E-state index contributed by atoms with van der Waals surface area (Å²) in [6.45, 7) is 1.56. The number of carboxylic acid groups (broad SMARTS) is 1. The topological polar surface area (TPSA) is 92.7 Å². The summed E-state index contributed by atoms with van der Waals surface area (Å²) in [5, 5.41) is 9.11. The van der Waals surface area contributed by atoms with Crippen LogP contribution in [-0.2, 0) is 14.8 Å². The standard InChI is InChI=1S/C11H13BrClNO5S/c1-3-8(11(15)16)14-20(17,18)9-5-6(13)4-7(12)10(9)19-2/h4-5,8,14H,3H2,1-2H3,(H,15,16)/t8-/m1/s1. The highest BCUT2D eigenvalue weighted by Crippen LogP contribution is 2.35. The second-order valence-electron chi connectivity index (χ2n) is 3.84. The van der Waals surface area contributed by atoms with Crippen LogP contribution in [0.25, 0.3) is 0 Å². The normalized spacial score (nSPS) is 13.0. The van der Waals surface area contributed by atoms with Crippen LogP contribution >= 0.6 is 27.5 Å². The summed E-state index contributed by atoms with van der Waals surface area (Å²) < 4.78 is 32.0. The van der Waals surface area contributed by atoms with E-state index in [1.165, 1.54) is 19.2 Å². The molecule has 0 heterocycles. The van der Waals surface area contributed by atoms with Crippen LogP contribution in [0.5, 0.6) is 5.75 Å². The minimum absolute atomic E-state index is 0.0575. The SMILES string of the molecule is CC[C@@H](NS(=O)(=O)c1cc(Cl)cc(Br)c1OC)C(=O)O. The fourth-order valence-electron chi connectivity index (χ4n) is 1.49. The molecule has 1 aromatic rings. The number of hydrogen-bond donors (Lipinski definition) is 2. The molecule has 0 fully saturated rings. The first-order valence-electron chi connectivity index (χ1n) is 5.51. The van der Waals surface area contributed by atoms with E-state index >= 15 is 0 Å². The zero-order chi connectivity index (χ0) is 15.5. The smallest absolute Gasteiger partial charge is 0.321 e. The van der Waals surface area contributed by atoms with Gasteiger partial charge in [-0.1, -0.05) is 18.5 Å². The Morgan fingerprint density at radius 3 is 2.60 bits per heavy atom. The van der Waals surface area contributed by atoms with Gasteiger partial charge in [0.05, 0.1) is 11.6 Å². The Morgan fingerprint density at radius 2 is 2.15 bits per heavy atom. The summed E-state index contributed by atoms with van der Waals surface area (Å²) in [5.41, 5.74) is 0. The summed E-state index contributed by atoms with van der Waals surface area (Å²) >= 11 is 8.97. The predicted molar refractivity (Wildman–Crippen MR) is 77.7 cm³/mol. The van der Waals surface area contributed by atoms with Gasteiger partial charge in [0, 0.05) is 5.02 Å². The van der Waals surface area contributed by atoms with Gasteiger partial charge in [-0.2, -0.15) is 4.72 Å². The number of methoxy groups -OCH3 is 1. The van der Waals surface area contributed by atoms with Gasteiger partial charge < -0.3 is 9.84 Å². The van der Waals surface area contributed by atoms with Gasteiger partial charge in [0.15, 0.2) is 5.75 Å². The number of rotatable bonds is 6. The van der Waals surface area contributed by atoms with Crippen molar-refractivity contribution in [2.24, 2.45) is 0 Å². The van der Waals surface area contributed by atoms with Crippen molar-refractivity contribution in [2.75, 3.05) is 7.11 Å². The number of aliphatic carboxylic acids is 1. The molecule has 112 valence electrons. The molecular weight excluding hydrogens is 374 g/mol. The Kier molecular flexibility index (Phi) is 5.81. The summed E-state index contributed by atoms with van der Waals surface area (Å²) in [5.74, 6) is -1.20. The molecule has 0 aliphatic heterocycles. The molecule has 0 saturated heterocycles. The van der Waals surface area contributed by atoms with Crippen molar-refractivity contribution < 1.29 is 23.1 Å². The molecular formula is C11H13BrClNO5S. The molecule has 0 aromatic heterocycles. The third-order valence-electron chi connectivity index (χ3n) is 2.47. The quantitative estimate of drug-likeness (QED) is 0.782. The number of nitrogens with one attached hydrogen (secondary N) is 1. The number of ether oxygens (including phenoxy) is 1. The third-order valence-corrected chi connectivity index (χ3v) is 4.76. The van der Waals surface area contributed by atoms with E-state index in [1.54, 1.807) is 6.92 Å². The van der Waals surface area contributed by atoms with E-state index < -0.39 is 22.0 Å². The van der Waals surface area contributed by atoms with Gasteiger partial charge >= 0.3 is 5.97 Å². The van der Waals surface area contributed by atoms with Crippen LogP contribution in [-0.4, -0.2) is 32.6 Å². The fraction of sp³-hybridized carbons (Fsp3) is 0.364. The average Bonchev–Trinajstić information content (AvgIpc) is 2.34. The lowest BCUT2D eigenvalue weighted by molar-refractivity contribution is -0.139. The van der Waals surface area contributed by atoms with E-state index in [-0.39, 0.29) is 22.1 Å². The Bertz CT molecular complexity index is 619. The molecule has 1 aromatic carbocycles. The molecule has 20 heavy (non-hydrogen) atoms. The molecule has 6 nitrogen and oxygen atoms in total. The largest absolute Gasteiger partial charge is 0.494 e. The molecule has 0 spiro atoms. The zero-order valence-corrected chi connectivity index (χ0v) is 13.8. The molecule has 0 amide bonds. The second kappa shape index (κ2) is 6.75. The van der Waals surface area contributed by atoms with E-state index in [0.717, 1.165) is 0 Å². The molecule has 0 aliphatic carbocycles. The van der Waals surface area contributed by atoms with Gasteiger partial charge in [0.1, 0.15) is 10.9 Å². The van der Waals surface area contributed by atoms with Crippen molar-refractivity contribution in [2.45, 2.75) is 24.3 Å². The first-order chi connectivity index (χ1) is 9.22. The number of carboxylic acids is 1. The van der Waals surface area contributed by atoms with Gasteiger partial charge in [0.25, 0.3) is 0 Å². The van der Waals surface area contributed by atoms with Crippen molar-refractivity contribution in [3.8, 4) is 5.75 Å². The lowest BCUT2D eigenvalue weighted by Crippen LogP contribution is -2.40. The lowest BCUT2D eigenvalue weighted by atomic mass is 10.2. The van der Waals surface area contributed by atoms with E-state index in [4.69, 9.17) is 21.4 Å². The molecule has 9 heteroatoms. The Balaban J connectivity index is 3.32. The van der Waals surface area contributed by atoms with Crippen molar-refractivity contribution in [1.29, 1.82) is 0 Å². The van der Waals surface area contributed by atoms with Crippen molar-refractivity contribution in [3.05, 3.63) is 21.6 Å². The van der Waals surface area contributed by atoms with Gasteiger partial charge in [-0.05, 0) is 34.5 Å². The molecule has 2 N–H and O–H groups in total. The molecule has 1 rings (SSSR count). The minimum atomic E-state index is -4.07. The molecule has 1 atom stereocenters. The average molecular weight is 387 g/mol. The maximum absolute atomic E-state index is 12.3. The first kappa shape index (κ1) is 17.2. The number of carbonyl (C=O) groups is 1. The highest BCUT2D eigenvalue weighted by molar-refractivity contribution is 9.10. The van der Waals surface area contributed by atoms with Crippen LogP contribution < -0.4 is 9.46 Å². The maximum Gasteiger partial charge on any atom is 0.321 e. The number of halogens is 2. The lowest BCUT2D eigenvalue weighted by Gasteiger charge is -2.16. The van der Waals surface area contributed by atoms with Gasteiger partial charge in [-0.25, -0.2) is 8.42 Å². The summed E-state index contributed by atoms with van der Waals surface area (Å²) in [6, 6.07) is 1.46. The van der Waals surface area contributed by atoms with Gasteiger partial charge in [0.2, 0.25) is 10.0 Å². The zero-order valence-electron chi connectivity index (χ0n) is 10.7. The third kappa shape index (κ3) is 3.85. The summed E-state index contributed by atoms with van der Waals surface area (Å²) in [4.78, 5) is 10.7. The Hall–Kier alpha value is -0.830. The number of sulfonamides is 1. The predicted octanol–water partition coefficient (Wildman–Crippen LogP) is 2.25. The van der Waals surface area contributed by atoms with Crippen LogP contribution in [0, 0.1) is 0 Å². The van der Waals surface area contributed by atoms with Gasteiger partial charge in [-0.15, -0.1) is 0 Å². The van der Waals surface area contributed by atoms with Crippen LogP contribution in [0.3, 0.4) is 0 Å². The molecule has 0 saturated carbocycles. The van der Waals surface area contributed by atoms with E-state index in [1.807, 2.05) is 0 Å². The summed E-state index contributed by atoms with van der Waals surface area (Å²) in [7, 11) is -2.77. The minimum Gasteiger partial charge on any atom is -0.494 e. The van der Waals surface area contributed by atoms with Crippen LogP contribution in [0.1, 0.15) is 13.3 Å². The van der Waals surface area contributed by atoms with Crippen molar-refractivity contribution in [1.82, 2.24) is 4.72 Å². The molecule has 0 bridgehead atoms. The van der Waals surface area contributed by atoms with Crippen LogP contribution in [0.15, 0.2) is 21.5 Å². The molecule has 0 aliphatic rings. The molecule has 0 unspecified atom stereocenters. The maximum atomic E-state index is 12.3. The van der Waals surface area contributed by atoms with Crippen LogP contribution in [0.4, 0.5) is 0 Å². The number of hydrogen-bond acceptors (Lipinski definition) is 4. The Morgan fingerprint density at radius 1 is 1.55 bits per heavy atom. The van der Waals surface area contributed by atoms with E-state index in [9.17, 15) is 13.2 Å². The Labute approximate surface area is 130 Å². The van der Waals surface area contributed by atoms with E-state index in [2.05, 4.69) is 20.7 Å². The highest BCUT2D eigenvalue weighted by atomic mass is 79.9. The fourth-order valence-corrected chi connectivity index (χ4v) is 4.15. The van der Waals surface area contributed by atoms with Crippen molar-refractivity contribution in [3.63, 3.8) is 0 Å². The number of benzene rings is 1. The van der Waals surface area contributed by atoms with E-state index in [0.29, 0.717) is 4.47 Å². The van der Waals surface area contributed by atoms with Gasteiger partial charge in [-0.3, -0.25) is 4.79 Å². The van der Waals surface area contributed by atoms with Crippen LogP contribution in [0.2, 0.25) is 5.02 Å². The highest BCUT2D eigenvalue weighted by Gasteiger charge is 2.27.